The molecule has 27 heavy (non-hydrogen) atoms. The molecule has 5 N–H and O–H groups in total. The molecule has 0 spiro atoms. The molecule has 1 amide bonds. The molecule has 2 heterocycles. The molecule has 0 aromatic rings. The zero-order valence-corrected chi connectivity index (χ0v) is 18.6. The van der Waals surface area contributed by atoms with Gasteiger partial charge in [-0.05, 0) is 81.1 Å². The zero-order valence-electron chi connectivity index (χ0n) is 18.6. The van der Waals surface area contributed by atoms with E-state index in [4.69, 9.17) is 5.84 Å². The molecule has 0 bridgehead atoms. The van der Waals surface area contributed by atoms with Crippen LogP contribution in [0.1, 0.15) is 81.1 Å². The molecule has 0 aromatic carbocycles. The molecule has 0 unspecified atom stereocenters. The molecular formula is C21H41N5O. The minimum absolute atomic E-state index is 0.0213. The lowest BCUT2D eigenvalue weighted by Gasteiger charge is -2.49. The van der Waals surface area contributed by atoms with Crippen molar-refractivity contribution in [1.82, 2.24) is 21.0 Å². The van der Waals surface area contributed by atoms with E-state index < -0.39 is 0 Å². The molecule has 2 aliphatic rings. The van der Waals surface area contributed by atoms with Crippen molar-refractivity contribution >= 4 is 5.91 Å². The van der Waals surface area contributed by atoms with Crippen LogP contribution in [0.3, 0.4) is 0 Å². The maximum absolute atomic E-state index is 12.9. The van der Waals surface area contributed by atoms with E-state index in [2.05, 4.69) is 77.9 Å². The molecular weight excluding hydrogens is 338 g/mol. The number of nitrogens with zero attached hydrogens (tertiary/aromatic N) is 1. The van der Waals surface area contributed by atoms with Gasteiger partial charge in [0.25, 0.3) is 5.91 Å². The summed E-state index contributed by atoms with van der Waals surface area (Å²) in [5.74, 6) is 6.22. The van der Waals surface area contributed by atoms with Gasteiger partial charge in [-0.1, -0.05) is 6.58 Å². The third-order valence-electron chi connectivity index (χ3n) is 5.66. The summed E-state index contributed by atoms with van der Waals surface area (Å²) in [5.41, 5.74) is 0.231. The molecule has 2 rings (SSSR count). The van der Waals surface area contributed by atoms with E-state index in [1.54, 1.807) is 5.01 Å². The van der Waals surface area contributed by atoms with Gasteiger partial charge in [-0.3, -0.25) is 4.79 Å². The lowest BCUT2D eigenvalue weighted by molar-refractivity contribution is -0.121. The molecule has 156 valence electrons. The largest absolute Gasteiger partial charge is 0.348 e. The van der Waals surface area contributed by atoms with Crippen LogP contribution in [-0.4, -0.2) is 45.2 Å². The molecule has 0 radical (unpaired) electrons. The Labute approximate surface area is 165 Å². The highest BCUT2D eigenvalue weighted by atomic mass is 16.2. The summed E-state index contributed by atoms with van der Waals surface area (Å²) in [6, 6.07) is 0.185. The van der Waals surface area contributed by atoms with Crippen molar-refractivity contribution in [1.29, 1.82) is 0 Å². The highest BCUT2D eigenvalue weighted by Gasteiger charge is 2.41. The summed E-state index contributed by atoms with van der Waals surface area (Å²) in [6.07, 6.45) is 3.50. The molecule has 2 aliphatic heterocycles. The van der Waals surface area contributed by atoms with Gasteiger partial charge in [-0.15, -0.1) is 0 Å². The third kappa shape index (κ3) is 5.93. The Hall–Kier alpha value is -1.11. The average Bonchev–Trinajstić information content (AvgIpc) is 2.38. The summed E-state index contributed by atoms with van der Waals surface area (Å²) in [6.45, 7) is 21.4. The van der Waals surface area contributed by atoms with Gasteiger partial charge >= 0.3 is 0 Å². The van der Waals surface area contributed by atoms with Gasteiger partial charge in [0, 0.05) is 34.2 Å². The van der Waals surface area contributed by atoms with Gasteiger partial charge in [-0.2, -0.15) is 0 Å². The van der Waals surface area contributed by atoms with Gasteiger partial charge in [0.1, 0.15) is 5.70 Å². The fourth-order valence-electron chi connectivity index (χ4n) is 5.50. The minimum Gasteiger partial charge on any atom is -0.348 e. The average molecular weight is 380 g/mol. The SMILES string of the molecule is C=C(C(=O)NC1CC(C)(C)NC(C)(C)C1)N(N)C1CC(C)(C)NC(C)(C)C1. The Balaban J connectivity index is 2.03. The number of hydrazine groups is 1. The van der Waals surface area contributed by atoms with Gasteiger partial charge in [0.05, 0.1) is 0 Å². The molecule has 0 aromatic heterocycles. The van der Waals surface area contributed by atoms with Gasteiger partial charge < -0.3 is 21.0 Å². The van der Waals surface area contributed by atoms with Crippen LogP contribution >= 0.6 is 0 Å². The van der Waals surface area contributed by atoms with Gasteiger partial charge in [0.15, 0.2) is 0 Å². The van der Waals surface area contributed by atoms with Crippen molar-refractivity contribution in [3.05, 3.63) is 12.3 Å². The number of nitrogens with two attached hydrogens (primary N) is 1. The maximum atomic E-state index is 12.9. The summed E-state index contributed by atoms with van der Waals surface area (Å²) in [4.78, 5) is 12.9. The molecule has 6 nitrogen and oxygen atoms in total. The number of rotatable bonds is 4. The van der Waals surface area contributed by atoms with Crippen LogP contribution in [0.25, 0.3) is 0 Å². The highest BCUT2D eigenvalue weighted by molar-refractivity contribution is 5.92. The van der Waals surface area contributed by atoms with E-state index >= 15 is 0 Å². The predicted octanol–water partition coefficient (Wildman–Crippen LogP) is 2.41. The second kappa shape index (κ2) is 7.05. The minimum atomic E-state index is -0.162. The zero-order chi connectivity index (χ0) is 20.8. The summed E-state index contributed by atoms with van der Waals surface area (Å²) >= 11 is 0. The van der Waals surface area contributed by atoms with E-state index in [1.807, 2.05) is 0 Å². The fraction of sp³-hybridized carbons (Fsp3) is 0.857. The van der Waals surface area contributed by atoms with Crippen molar-refractivity contribution in [2.45, 2.75) is 115 Å². The van der Waals surface area contributed by atoms with Gasteiger partial charge in [0.2, 0.25) is 0 Å². The first kappa shape index (κ1) is 22.2. The number of carbonyl (C=O) groups is 1. The monoisotopic (exact) mass is 379 g/mol. The van der Waals surface area contributed by atoms with Crippen molar-refractivity contribution in [2.24, 2.45) is 5.84 Å². The standard InChI is InChI=1S/C21H41N5O/c1-14(26(22)16-12-20(6,7)25-21(8,9)13-16)17(27)23-15-10-18(2,3)24-19(4,5)11-15/h15-16,24-25H,1,10-13,22H2,2-9H3,(H,23,27). The summed E-state index contributed by atoms with van der Waals surface area (Å²) in [5, 5.41) is 12.1. The van der Waals surface area contributed by atoms with Crippen molar-refractivity contribution in [2.75, 3.05) is 0 Å². The Morgan fingerprint density at radius 2 is 1.26 bits per heavy atom. The number of hydrogen-bond acceptors (Lipinski definition) is 5. The van der Waals surface area contributed by atoms with Crippen molar-refractivity contribution in [3.63, 3.8) is 0 Å². The molecule has 0 saturated carbocycles. The quantitative estimate of drug-likeness (QED) is 0.343. The van der Waals surface area contributed by atoms with Crippen LogP contribution in [0, 0.1) is 0 Å². The number of nitrogens with one attached hydrogen (secondary N) is 3. The number of amides is 1. The Kier molecular flexibility index (Phi) is 5.79. The number of carbonyl (C=O) groups excluding carboxylic acids is 1. The van der Waals surface area contributed by atoms with E-state index in [0.717, 1.165) is 25.7 Å². The van der Waals surface area contributed by atoms with Crippen LogP contribution in [0.4, 0.5) is 0 Å². The van der Waals surface area contributed by atoms with Crippen LogP contribution in [0.15, 0.2) is 12.3 Å². The molecule has 2 saturated heterocycles. The smallest absolute Gasteiger partial charge is 0.268 e. The second-order valence-corrected chi connectivity index (χ2v) is 11.3. The van der Waals surface area contributed by atoms with Crippen molar-refractivity contribution < 1.29 is 4.79 Å². The fourth-order valence-corrected chi connectivity index (χ4v) is 5.50. The van der Waals surface area contributed by atoms with E-state index in [1.165, 1.54) is 0 Å². The lowest BCUT2D eigenvalue weighted by atomic mass is 9.79. The normalized spacial score (nSPS) is 27.0. The first-order valence-corrected chi connectivity index (χ1v) is 10.1. The highest BCUT2D eigenvalue weighted by Crippen LogP contribution is 2.32. The molecule has 6 heteroatoms. The van der Waals surface area contributed by atoms with Crippen LogP contribution in [0.2, 0.25) is 0 Å². The number of piperidine rings is 2. The lowest BCUT2D eigenvalue weighted by Crippen LogP contribution is -2.64. The second-order valence-electron chi connectivity index (χ2n) is 11.3. The summed E-state index contributed by atoms with van der Waals surface area (Å²) < 4.78 is 0. The van der Waals surface area contributed by atoms with Crippen LogP contribution in [0.5, 0.6) is 0 Å². The van der Waals surface area contributed by atoms with Crippen LogP contribution < -0.4 is 21.8 Å². The van der Waals surface area contributed by atoms with E-state index in [0.29, 0.717) is 5.70 Å². The van der Waals surface area contributed by atoms with Gasteiger partial charge in [-0.25, -0.2) is 5.84 Å². The predicted molar refractivity (Wildman–Crippen MR) is 112 cm³/mol. The topological polar surface area (TPSA) is 82.4 Å². The number of hydrogen-bond donors (Lipinski definition) is 4. The molecule has 0 aliphatic carbocycles. The molecule has 2 fully saturated rings. The Morgan fingerprint density at radius 1 is 0.889 bits per heavy atom. The van der Waals surface area contributed by atoms with E-state index in [9.17, 15) is 4.79 Å². The first-order chi connectivity index (χ1) is 12.0. The Morgan fingerprint density at radius 3 is 1.67 bits per heavy atom. The maximum Gasteiger partial charge on any atom is 0.268 e. The Bertz CT molecular complexity index is 561. The van der Waals surface area contributed by atoms with Crippen LogP contribution in [-0.2, 0) is 4.79 Å². The van der Waals surface area contributed by atoms with E-state index in [-0.39, 0.29) is 40.1 Å². The molecule has 0 atom stereocenters. The first-order valence-electron chi connectivity index (χ1n) is 10.1. The third-order valence-corrected chi connectivity index (χ3v) is 5.66. The van der Waals surface area contributed by atoms with Crippen molar-refractivity contribution in [3.8, 4) is 0 Å². The summed E-state index contributed by atoms with van der Waals surface area (Å²) in [7, 11) is 0.